The minimum absolute atomic E-state index is 0.0394. The molecule has 1 heterocycles. The summed E-state index contributed by atoms with van der Waals surface area (Å²) in [6.07, 6.45) is 3.68. The number of carbonyl (C=O) groups is 1. The number of hydrogen-bond donors (Lipinski definition) is 4. The maximum atomic E-state index is 11.8. The number of piperidine rings is 1. The maximum Gasteiger partial charge on any atom is 0.394 e. The molecule has 1 saturated heterocycles. The van der Waals surface area contributed by atoms with E-state index in [-0.39, 0.29) is 5.91 Å². The monoisotopic (exact) mass is 331 g/mol. The Kier molecular flexibility index (Phi) is 7.25. The van der Waals surface area contributed by atoms with E-state index >= 15 is 0 Å². The van der Waals surface area contributed by atoms with Crippen molar-refractivity contribution in [3.8, 4) is 0 Å². The molecule has 0 spiro atoms. The molecule has 0 atom stereocenters. The Labute approximate surface area is 129 Å². The van der Waals surface area contributed by atoms with Crippen molar-refractivity contribution >= 4 is 27.7 Å². The summed E-state index contributed by atoms with van der Waals surface area (Å²) < 4.78 is 31.6. The van der Waals surface area contributed by atoms with Crippen molar-refractivity contribution in [3.63, 3.8) is 0 Å². The van der Waals surface area contributed by atoms with Crippen molar-refractivity contribution in [1.82, 2.24) is 4.90 Å². The first-order valence-corrected chi connectivity index (χ1v) is 8.21. The maximum absolute atomic E-state index is 11.8. The van der Waals surface area contributed by atoms with Crippen LogP contribution in [0.3, 0.4) is 0 Å². The summed E-state index contributed by atoms with van der Waals surface area (Å²) in [6.45, 7) is 2.55. The number of amides is 1. The van der Waals surface area contributed by atoms with E-state index in [0.717, 1.165) is 18.8 Å². The number of nitrogens with zero attached hydrogens (tertiary/aromatic N) is 1. The van der Waals surface area contributed by atoms with E-state index in [9.17, 15) is 4.79 Å². The molecule has 22 heavy (non-hydrogen) atoms. The van der Waals surface area contributed by atoms with Crippen LogP contribution in [0.2, 0.25) is 0 Å². The second-order valence-electron chi connectivity index (χ2n) is 4.96. The molecule has 8 nitrogen and oxygen atoms in total. The number of benzene rings is 1. The molecular formula is C13H21N3O5S. The third kappa shape index (κ3) is 9.29. The highest BCUT2D eigenvalue weighted by Crippen LogP contribution is 2.12. The van der Waals surface area contributed by atoms with Crippen LogP contribution < -0.4 is 11.1 Å². The zero-order valence-corrected chi connectivity index (χ0v) is 12.9. The molecule has 1 aromatic carbocycles. The lowest BCUT2D eigenvalue weighted by atomic mass is 10.1. The van der Waals surface area contributed by atoms with E-state index in [1.807, 2.05) is 12.1 Å². The smallest absolute Gasteiger partial charge is 0.394 e. The Morgan fingerprint density at radius 1 is 1.23 bits per heavy atom. The Hall–Kier alpha value is -1.68. The zero-order valence-electron chi connectivity index (χ0n) is 12.1. The molecule has 1 aromatic rings. The minimum Gasteiger partial charge on any atom is -0.399 e. The number of likely N-dealkylation sites (tertiary alicyclic amines) is 1. The van der Waals surface area contributed by atoms with Crippen molar-refractivity contribution in [1.29, 1.82) is 0 Å². The van der Waals surface area contributed by atoms with Gasteiger partial charge < -0.3 is 11.1 Å². The predicted molar refractivity (Wildman–Crippen MR) is 84.0 cm³/mol. The normalized spacial score (nSPS) is 15.5. The highest BCUT2D eigenvalue weighted by atomic mass is 32.3. The van der Waals surface area contributed by atoms with Gasteiger partial charge in [0.1, 0.15) is 0 Å². The first-order chi connectivity index (χ1) is 10.2. The van der Waals surface area contributed by atoms with Crippen LogP contribution in [0.5, 0.6) is 0 Å². The molecule has 0 saturated carbocycles. The number of carbonyl (C=O) groups excluding carboxylic acids is 1. The van der Waals surface area contributed by atoms with E-state index in [4.69, 9.17) is 23.3 Å². The molecule has 1 fully saturated rings. The van der Waals surface area contributed by atoms with Gasteiger partial charge in [0.2, 0.25) is 5.91 Å². The Bertz CT molecular complexity index is 577. The summed E-state index contributed by atoms with van der Waals surface area (Å²) in [5, 5.41) is 2.87. The quantitative estimate of drug-likeness (QED) is 0.480. The topological polar surface area (TPSA) is 133 Å². The van der Waals surface area contributed by atoms with Gasteiger partial charge in [-0.1, -0.05) is 12.5 Å². The number of nitrogen functional groups attached to an aromatic ring is 1. The van der Waals surface area contributed by atoms with E-state index < -0.39 is 10.4 Å². The van der Waals surface area contributed by atoms with Crippen LogP contribution in [0, 0.1) is 0 Å². The van der Waals surface area contributed by atoms with Crippen LogP contribution in [0.15, 0.2) is 24.3 Å². The Balaban J connectivity index is 0.000000422. The van der Waals surface area contributed by atoms with Gasteiger partial charge >= 0.3 is 10.4 Å². The van der Waals surface area contributed by atoms with E-state index in [2.05, 4.69) is 10.2 Å². The molecule has 0 radical (unpaired) electrons. The predicted octanol–water partition coefficient (Wildman–Crippen LogP) is 1.04. The average molecular weight is 331 g/mol. The lowest BCUT2D eigenvalue weighted by molar-refractivity contribution is -0.117. The number of nitrogens with two attached hydrogens (primary N) is 1. The van der Waals surface area contributed by atoms with Crippen molar-refractivity contribution in [2.45, 2.75) is 19.3 Å². The van der Waals surface area contributed by atoms with Crippen molar-refractivity contribution in [2.75, 3.05) is 30.7 Å². The molecule has 0 aromatic heterocycles. The molecule has 0 aliphatic carbocycles. The fraction of sp³-hybridized carbons (Fsp3) is 0.462. The highest BCUT2D eigenvalue weighted by Gasteiger charge is 2.13. The Morgan fingerprint density at radius 3 is 2.36 bits per heavy atom. The van der Waals surface area contributed by atoms with Gasteiger partial charge in [-0.05, 0) is 44.1 Å². The van der Waals surface area contributed by atoms with Crippen LogP contribution >= 0.6 is 0 Å². The molecule has 9 heteroatoms. The fourth-order valence-corrected chi connectivity index (χ4v) is 2.14. The van der Waals surface area contributed by atoms with Gasteiger partial charge in [-0.15, -0.1) is 0 Å². The minimum atomic E-state index is -4.67. The average Bonchev–Trinajstić information content (AvgIpc) is 2.37. The first kappa shape index (κ1) is 18.4. The second kappa shape index (κ2) is 8.69. The fourth-order valence-electron chi connectivity index (χ4n) is 2.14. The van der Waals surface area contributed by atoms with Gasteiger partial charge in [0, 0.05) is 11.4 Å². The molecule has 1 aliphatic rings. The van der Waals surface area contributed by atoms with Crippen LogP contribution in [0.25, 0.3) is 0 Å². The van der Waals surface area contributed by atoms with Gasteiger partial charge in [-0.3, -0.25) is 18.8 Å². The number of hydrogen-bond acceptors (Lipinski definition) is 5. The third-order valence-electron chi connectivity index (χ3n) is 2.99. The lowest BCUT2D eigenvalue weighted by Gasteiger charge is -2.25. The van der Waals surface area contributed by atoms with Gasteiger partial charge in [-0.25, -0.2) is 0 Å². The molecule has 0 bridgehead atoms. The SMILES string of the molecule is Nc1cccc(NC(=O)CN2CCCCC2)c1.O=S(=O)(O)O. The van der Waals surface area contributed by atoms with Gasteiger partial charge in [-0.2, -0.15) is 8.42 Å². The molecule has 1 amide bonds. The van der Waals surface area contributed by atoms with E-state index in [1.54, 1.807) is 12.1 Å². The highest BCUT2D eigenvalue weighted by molar-refractivity contribution is 7.79. The van der Waals surface area contributed by atoms with E-state index in [0.29, 0.717) is 12.2 Å². The van der Waals surface area contributed by atoms with Crippen molar-refractivity contribution in [2.24, 2.45) is 0 Å². The summed E-state index contributed by atoms with van der Waals surface area (Å²) in [5.41, 5.74) is 7.09. The summed E-state index contributed by atoms with van der Waals surface area (Å²) in [7, 11) is -4.67. The molecule has 0 unspecified atom stereocenters. The van der Waals surface area contributed by atoms with E-state index in [1.165, 1.54) is 19.3 Å². The van der Waals surface area contributed by atoms with Crippen LogP contribution in [0.4, 0.5) is 11.4 Å². The largest absolute Gasteiger partial charge is 0.399 e. The lowest BCUT2D eigenvalue weighted by Crippen LogP contribution is -2.36. The Morgan fingerprint density at radius 2 is 1.82 bits per heavy atom. The van der Waals surface area contributed by atoms with Gasteiger partial charge in [0.25, 0.3) is 0 Å². The summed E-state index contributed by atoms with van der Waals surface area (Å²) >= 11 is 0. The molecule has 2 rings (SSSR count). The van der Waals surface area contributed by atoms with Crippen LogP contribution in [0.1, 0.15) is 19.3 Å². The number of anilines is 2. The molecule has 5 N–H and O–H groups in total. The second-order valence-corrected chi connectivity index (χ2v) is 5.85. The number of rotatable bonds is 3. The standard InChI is InChI=1S/C13H19N3O.H2O4S/c14-11-5-4-6-12(9-11)15-13(17)10-16-7-2-1-3-8-16;1-5(2,3)4/h4-6,9H,1-3,7-8,10,14H2,(H,15,17);(H2,1,2,3,4). The molecule has 1 aliphatic heterocycles. The van der Waals surface area contributed by atoms with Crippen LogP contribution in [-0.2, 0) is 15.2 Å². The van der Waals surface area contributed by atoms with Crippen molar-refractivity contribution in [3.05, 3.63) is 24.3 Å². The number of nitrogens with one attached hydrogen (secondary N) is 1. The summed E-state index contributed by atoms with van der Waals surface area (Å²) in [6, 6.07) is 7.27. The summed E-state index contributed by atoms with van der Waals surface area (Å²) in [4.78, 5) is 14.0. The first-order valence-electron chi connectivity index (χ1n) is 6.81. The van der Waals surface area contributed by atoms with Crippen LogP contribution in [-0.4, -0.2) is 48.0 Å². The van der Waals surface area contributed by atoms with Gasteiger partial charge in [0.05, 0.1) is 6.54 Å². The zero-order chi connectivity index (χ0) is 16.6. The van der Waals surface area contributed by atoms with Gasteiger partial charge in [0.15, 0.2) is 0 Å². The third-order valence-corrected chi connectivity index (χ3v) is 2.99. The summed E-state index contributed by atoms with van der Waals surface area (Å²) in [5.74, 6) is 0.0394. The molecular weight excluding hydrogens is 310 g/mol. The molecule has 124 valence electrons. The van der Waals surface area contributed by atoms with Crippen molar-refractivity contribution < 1.29 is 22.3 Å².